The van der Waals surface area contributed by atoms with Gasteiger partial charge in [-0.15, -0.1) is 0 Å². The lowest BCUT2D eigenvalue weighted by molar-refractivity contribution is 0.0535. The molecule has 3 aromatic carbocycles. The lowest BCUT2D eigenvalue weighted by Crippen LogP contribution is -2.00. The highest BCUT2D eigenvalue weighted by atomic mass is 16.5. The maximum absolute atomic E-state index is 12.4. The molecule has 0 atom stereocenters. The van der Waals surface area contributed by atoms with E-state index >= 15 is 0 Å². The Morgan fingerprint density at radius 2 is 1.88 bits per heavy atom. The zero-order chi connectivity index (χ0) is 17.1. The summed E-state index contributed by atoms with van der Waals surface area (Å²) >= 11 is 0. The molecule has 2 heterocycles. The van der Waals surface area contributed by atoms with Crippen LogP contribution in [0.15, 0.2) is 36.4 Å². The Balaban J connectivity index is 1.91. The lowest BCUT2D eigenvalue weighted by Gasteiger charge is -2.14. The second kappa shape index (κ2) is 4.89. The Bertz CT molecular complexity index is 1070. The molecule has 0 amide bonds. The van der Waals surface area contributed by atoms with Gasteiger partial charge in [0.05, 0.1) is 12.2 Å². The van der Waals surface area contributed by atoms with Gasteiger partial charge >= 0.3 is 5.97 Å². The van der Waals surface area contributed by atoms with Crippen LogP contribution >= 0.6 is 0 Å². The van der Waals surface area contributed by atoms with Gasteiger partial charge in [0.25, 0.3) is 0 Å². The molecule has 0 unspecified atom stereocenters. The van der Waals surface area contributed by atoms with Gasteiger partial charge in [-0.05, 0) is 40.8 Å². The number of carbonyl (C=O) groups excluding carboxylic acids is 1. The highest BCUT2D eigenvalue weighted by Crippen LogP contribution is 2.45. The number of aromatic hydroxyl groups is 1. The fourth-order valence-corrected chi connectivity index (χ4v) is 3.74. The van der Waals surface area contributed by atoms with E-state index < -0.39 is 5.97 Å². The van der Waals surface area contributed by atoms with Crippen molar-refractivity contribution in [2.45, 2.75) is 13.0 Å². The van der Waals surface area contributed by atoms with E-state index in [1.807, 2.05) is 18.2 Å². The molecule has 3 aromatic rings. The summed E-state index contributed by atoms with van der Waals surface area (Å²) in [6.45, 7) is 0.747. The van der Waals surface area contributed by atoms with E-state index in [9.17, 15) is 9.90 Å². The Morgan fingerprint density at radius 1 is 1.00 bits per heavy atom. The van der Waals surface area contributed by atoms with Gasteiger partial charge in [-0.2, -0.15) is 0 Å². The fraction of sp³-hybridized carbons (Fsp3) is 0.150. The average molecular weight is 333 g/mol. The van der Waals surface area contributed by atoms with Crippen LogP contribution in [0.25, 0.3) is 21.9 Å². The first-order valence-corrected chi connectivity index (χ1v) is 8.14. The van der Waals surface area contributed by atoms with Gasteiger partial charge in [0, 0.05) is 28.6 Å². The molecule has 124 valence electrons. The molecule has 0 saturated carbocycles. The Hall–Kier alpha value is -3.21. The van der Waals surface area contributed by atoms with Gasteiger partial charge in [0.2, 0.25) is 0 Å². The van der Waals surface area contributed by atoms with Crippen LogP contribution in [0.1, 0.15) is 21.5 Å². The molecular formula is C20H15NO4. The monoisotopic (exact) mass is 333 g/mol. The predicted octanol–water partition coefficient (Wildman–Crippen LogP) is 3.40. The Kier molecular flexibility index (Phi) is 2.77. The number of esters is 1. The summed E-state index contributed by atoms with van der Waals surface area (Å²) in [4.78, 5) is 12.4. The van der Waals surface area contributed by atoms with Crippen LogP contribution in [0.3, 0.4) is 0 Å². The summed E-state index contributed by atoms with van der Waals surface area (Å²) in [5.41, 5.74) is 10.2. The van der Waals surface area contributed by atoms with E-state index in [1.165, 1.54) is 0 Å². The number of anilines is 1. The minimum absolute atomic E-state index is 0.0781. The largest absolute Gasteiger partial charge is 0.507 e. The molecule has 25 heavy (non-hydrogen) atoms. The number of rotatable bonds is 1. The molecule has 0 bridgehead atoms. The third kappa shape index (κ3) is 1.92. The van der Waals surface area contributed by atoms with Crippen molar-refractivity contribution in [1.29, 1.82) is 0 Å². The number of carbonyl (C=O) groups is 1. The van der Waals surface area contributed by atoms with Crippen molar-refractivity contribution in [2.24, 2.45) is 0 Å². The normalized spacial score (nSPS) is 15.0. The van der Waals surface area contributed by atoms with E-state index in [0.717, 1.165) is 34.2 Å². The number of nitrogens with two attached hydrogens (primary N) is 1. The standard InChI is InChI=1S/C20H15NO4/c21-12-3-4-13-14(8-12)17(18-15(19(13)22)9-25-20(18)23)11-2-1-10-5-6-24-16(10)7-11/h1-4,7-8,22H,5-6,9,21H2. The second-order valence-corrected chi connectivity index (χ2v) is 6.38. The predicted molar refractivity (Wildman–Crippen MR) is 93.8 cm³/mol. The Morgan fingerprint density at radius 3 is 2.76 bits per heavy atom. The minimum atomic E-state index is -0.425. The first kappa shape index (κ1) is 14.2. The fourth-order valence-electron chi connectivity index (χ4n) is 3.74. The third-order valence-electron chi connectivity index (χ3n) is 4.94. The number of benzene rings is 3. The quantitative estimate of drug-likeness (QED) is 0.527. The molecular weight excluding hydrogens is 318 g/mol. The van der Waals surface area contributed by atoms with Gasteiger partial charge in [0.15, 0.2) is 0 Å². The molecule has 3 N–H and O–H groups in total. The third-order valence-corrected chi connectivity index (χ3v) is 4.94. The lowest BCUT2D eigenvalue weighted by atomic mass is 9.89. The van der Waals surface area contributed by atoms with Crippen molar-refractivity contribution in [3.8, 4) is 22.6 Å². The molecule has 0 aromatic heterocycles. The van der Waals surface area contributed by atoms with Crippen LogP contribution in [0.2, 0.25) is 0 Å². The number of phenols is 1. The van der Waals surface area contributed by atoms with Gasteiger partial charge in [0.1, 0.15) is 18.1 Å². The highest BCUT2D eigenvalue weighted by molar-refractivity contribution is 6.13. The maximum Gasteiger partial charge on any atom is 0.339 e. The van der Waals surface area contributed by atoms with Gasteiger partial charge < -0.3 is 20.3 Å². The van der Waals surface area contributed by atoms with E-state index in [4.69, 9.17) is 15.2 Å². The number of cyclic esters (lactones) is 1. The zero-order valence-corrected chi connectivity index (χ0v) is 13.3. The van der Waals surface area contributed by atoms with E-state index in [0.29, 0.717) is 28.8 Å². The minimum Gasteiger partial charge on any atom is -0.507 e. The molecule has 0 fully saturated rings. The van der Waals surface area contributed by atoms with Gasteiger partial charge in [-0.1, -0.05) is 12.1 Å². The molecule has 5 nitrogen and oxygen atoms in total. The molecule has 0 radical (unpaired) electrons. The summed E-state index contributed by atoms with van der Waals surface area (Å²) in [7, 11) is 0. The average Bonchev–Trinajstić information content (AvgIpc) is 3.22. The van der Waals surface area contributed by atoms with Crippen LogP contribution in [0.4, 0.5) is 5.69 Å². The number of hydrogen-bond acceptors (Lipinski definition) is 5. The van der Waals surface area contributed by atoms with Crippen molar-refractivity contribution < 1.29 is 19.4 Å². The summed E-state index contributed by atoms with van der Waals surface area (Å²) < 4.78 is 10.9. The summed E-state index contributed by atoms with van der Waals surface area (Å²) in [5, 5.41) is 12.0. The first-order chi connectivity index (χ1) is 12.1. The zero-order valence-electron chi connectivity index (χ0n) is 13.3. The van der Waals surface area contributed by atoms with Crippen LogP contribution in [0.5, 0.6) is 11.5 Å². The molecule has 0 aliphatic carbocycles. The van der Waals surface area contributed by atoms with Gasteiger partial charge in [-0.25, -0.2) is 4.79 Å². The van der Waals surface area contributed by atoms with E-state index in [1.54, 1.807) is 18.2 Å². The summed E-state index contributed by atoms with van der Waals surface area (Å²) in [6, 6.07) is 11.2. The molecule has 5 rings (SSSR count). The molecule has 0 spiro atoms. The molecule has 5 heteroatoms. The number of fused-ring (bicyclic) bond motifs is 3. The highest BCUT2D eigenvalue weighted by Gasteiger charge is 2.31. The number of hydrogen-bond donors (Lipinski definition) is 2. The second-order valence-electron chi connectivity index (χ2n) is 6.38. The molecule has 2 aliphatic heterocycles. The van der Waals surface area contributed by atoms with Crippen LogP contribution in [-0.2, 0) is 17.8 Å². The number of phenolic OH excluding ortho intramolecular Hbond substituents is 1. The summed E-state index contributed by atoms with van der Waals surface area (Å²) in [5.74, 6) is 0.491. The maximum atomic E-state index is 12.4. The van der Waals surface area contributed by atoms with Crippen molar-refractivity contribution in [2.75, 3.05) is 12.3 Å². The number of ether oxygens (including phenoxy) is 2. The smallest absolute Gasteiger partial charge is 0.339 e. The van der Waals surface area contributed by atoms with Crippen LogP contribution in [-0.4, -0.2) is 17.7 Å². The van der Waals surface area contributed by atoms with Crippen molar-refractivity contribution in [3.05, 3.63) is 53.1 Å². The van der Waals surface area contributed by atoms with E-state index in [2.05, 4.69) is 0 Å². The van der Waals surface area contributed by atoms with E-state index in [-0.39, 0.29) is 12.4 Å². The van der Waals surface area contributed by atoms with Crippen molar-refractivity contribution >= 4 is 22.4 Å². The SMILES string of the molecule is Nc1ccc2c(O)c3c(c(-c4ccc5c(c4)OCC5)c2c1)C(=O)OC3. The summed E-state index contributed by atoms with van der Waals surface area (Å²) in [6.07, 6.45) is 0.888. The van der Waals surface area contributed by atoms with Crippen molar-refractivity contribution in [1.82, 2.24) is 0 Å². The Labute approximate surface area is 143 Å². The number of nitrogen functional groups attached to an aromatic ring is 1. The van der Waals surface area contributed by atoms with Crippen molar-refractivity contribution in [3.63, 3.8) is 0 Å². The first-order valence-electron chi connectivity index (χ1n) is 8.14. The van der Waals surface area contributed by atoms with Crippen LogP contribution < -0.4 is 10.5 Å². The van der Waals surface area contributed by atoms with Gasteiger partial charge in [-0.3, -0.25) is 0 Å². The topological polar surface area (TPSA) is 81.8 Å². The van der Waals surface area contributed by atoms with Crippen LogP contribution in [0, 0.1) is 0 Å². The molecule has 0 saturated heterocycles. The molecule has 2 aliphatic rings.